The second kappa shape index (κ2) is 7.61. The first kappa shape index (κ1) is 19.9. The van der Waals surface area contributed by atoms with Gasteiger partial charge in [0.15, 0.2) is 11.3 Å². The van der Waals surface area contributed by atoms with Crippen LogP contribution in [0.2, 0.25) is 0 Å². The molecule has 1 amide bonds. The van der Waals surface area contributed by atoms with Crippen LogP contribution in [0, 0.1) is 0 Å². The Balaban J connectivity index is 2.16. The number of hydrogen-bond acceptors (Lipinski definition) is 3. The molecular formula is C20H21F3N4O. The second-order valence-electron chi connectivity index (χ2n) is 6.85. The molecule has 148 valence electrons. The number of benzene rings is 1. The number of halogens is 3. The Morgan fingerprint density at radius 2 is 1.89 bits per heavy atom. The van der Waals surface area contributed by atoms with E-state index >= 15 is 0 Å². The second-order valence-corrected chi connectivity index (χ2v) is 6.85. The molecule has 0 aliphatic carbocycles. The van der Waals surface area contributed by atoms with Crippen molar-refractivity contribution in [2.45, 2.75) is 39.3 Å². The number of carbonyl (C=O) groups is 1. The summed E-state index contributed by atoms with van der Waals surface area (Å²) >= 11 is 0. The first-order valence-electron chi connectivity index (χ1n) is 9.07. The number of nitrogens with one attached hydrogen (secondary N) is 1. The highest BCUT2D eigenvalue weighted by Gasteiger charge is 2.36. The van der Waals surface area contributed by atoms with Crippen molar-refractivity contribution in [3.05, 3.63) is 53.3 Å². The Morgan fingerprint density at radius 1 is 1.21 bits per heavy atom. The molecule has 8 heteroatoms. The quantitative estimate of drug-likeness (QED) is 0.688. The van der Waals surface area contributed by atoms with E-state index in [-0.39, 0.29) is 16.9 Å². The van der Waals surface area contributed by atoms with E-state index in [1.165, 1.54) is 0 Å². The third-order valence-corrected chi connectivity index (χ3v) is 4.42. The minimum atomic E-state index is -4.64. The Kier molecular flexibility index (Phi) is 5.40. The largest absolute Gasteiger partial charge is 0.433 e. The third-order valence-electron chi connectivity index (χ3n) is 4.42. The van der Waals surface area contributed by atoms with Crippen molar-refractivity contribution in [1.29, 1.82) is 0 Å². The van der Waals surface area contributed by atoms with Crippen LogP contribution in [0.15, 0.2) is 36.5 Å². The van der Waals surface area contributed by atoms with E-state index in [4.69, 9.17) is 0 Å². The molecule has 0 atom stereocenters. The van der Waals surface area contributed by atoms with Crippen molar-refractivity contribution in [2.24, 2.45) is 0 Å². The molecule has 1 N–H and O–H groups in total. The minimum absolute atomic E-state index is 0.0135. The molecule has 2 aromatic heterocycles. The van der Waals surface area contributed by atoms with Gasteiger partial charge in [-0.1, -0.05) is 45.0 Å². The normalized spacial score (nSPS) is 12.0. The summed E-state index contributed by atoms with van der Waals surface area (Å²) in [5.41, 5.74) is 0.671. The Hall–Kier alpha value is -2.90. The number of rotatable bonds is 5. The number of amides is 1. The van der Waals surface area contributed by atoms with Crippen LogP contribution in [0.3, 0.4) is 0 Å². The molecule has 0 radical (unpaired) electrons. The lowest BCUT2D eigenvalue weighted by Crippen LogP contribution is -2.24. The van der Waals surface area contributed by atoms with Crippen molar-refractivity contribution in [1.82, 2.24) is 19.9 Å². The fourth-order valence-electron chi connectivity index (χ4n) is 2.85. The maximum atomic E-state index is 13.6. The summed E-state index contributed by atoms with van der Waals surface area (Å²) in [5.74, 6) is -0.191. The average Bonchev–Trinajstić information content (AvgIpc) is 3.08. The predicted octanol–water partition coefficient (Wildman–Crippen LogP) is 4.68. The highest BCUT2D eigenvalue weighted by atomic mass is 19.4. The average molecular weight is 390 g/mol. The molecule has 0 bridgehead atoms. The van der Waals surface area contributed by atoms with Gasteiger partial charge in [0.1, 0.15) is 5.56 Å². The van der Waals surface area contributed by atoms with E-state index in [0.29, 0.717) is 29.0 Å². The Labute approximate surface area is 160 Å². The standard InChI is InChI=1S/C20H21F3N4O/c1-4-9-24-19(28)15-11-25-27-17(20(21,22)23)10-16(26-18(15)27)14-7-5-13(6-8-14)12(2)3/h5-8,10-12H,4,9H2,1-3H3,(H,24,28). The molecular weight excluding hydrogens is 369 g/mol. The Morgan fingerprint density at radius 3 is 2.46 bits per heavy atom. The first-order chi connectivity index (χ1) is 13.2. The molecule has 0 unspecified atom stereocenters. The van der Waals surface area contributed by atoms with Gasteiger partial charge < -0.3 is 5.32 Å². The fourth-order valence-corrected chi connectivity index (χ4v) is 2.85. The molecule has 0 aliphatic heterocycles. The summed E-state index contributed by atoms with van der Waals surface area (Å²) in [4.78, 5) is 16.6. The number of aromatic nitrogens is 3. The molecule has 0 saturated heterocycles. The molecule has 0 fully saturated rings. The van der Waals surface area contributed by atoms with Gasteiger partial charge in [0.2, 0.25) is 0 Å². The van der Waals surface area contributed by atoms with Gasteiger partial charge in [-0.2, -0.15) is 18.3 Å². The lowest BCUT2D eigenvalue weighted by Gasteiger charge is -2.12. The van der Waals surface area contributed by atoms with Crippen LogP contribution in [-0.2, 0) is 6.18 Å². The third kappa shape index (κ3) is 3.85. The van der Waals surface area contributed by atoms with Crippen molar-refractivity contribution in [3.63, 3.8) is 0 Å². The lowest BCUT2D eigenvalue weighted by molar-refractivity contribution is -0.142. The van der Waals surface area contributed by atoms with Gasteiger partial charge in [-0.05, 0) is 24.0 Å². The van der Waals surface area contributed by atoms with Gasteiger partial charge in [0, 0.05) is 12.1 Å². The summed E-state index contributed by atoms with van der Waals surface area (Å²) in [5, 5.41) is 6.41. The first-order valence-corrected chi connectivity index (χ1v) is 9.07. The van der Waals surface area contributed by atoms with E-state index in [2.05, 4.69) is 15.4 Å². The Bertz CT molecular complexity index is 991. The van der Waals surface area contributed by atoms with Crippen LogP contribution >= 0.6 is 0 Å². The zero-order valence-electron chi connectivity index (χ0n) is 15.8. The van der Waals surface area contributed by atoms with E-state index in [9.17, 15) is 18.0 Å². The van der Waals surface area contributed by atoms with E-state index < -0.39 is 17.8 Å². The number of carbonyl (C=O) groups excluding carboxylic acids is 1. The monoisotopic (exact) mass is 390 g/mol. The molecule has 3 rings (SSSR count). The highest BCUT2D eigenvalue weighted by Crippen LogP contribution is 2.33. The van der Waals surface area contributed by atoms with E-state index in [1.807, 2.05) is 32.9 Å². The molecule has 0 saturated carbocycles. The zero-order chi connectivity index (χ0) is 20.5. The summed E-state index contributed by atoms with van der Waals surface area (Å²) in [6.07, 6.45) is -2.81. The van der Waals surface area contributed by atoms with Crippen LogP contribution in [0.5, 0.6) is 0 Å². The van der Waals surface area contributed by atoms with Gasteiger partial charge >= 0.3 is 6.18 Å². The lowest BCUT2D eigenvalue weighted by atomic mass is 10.0. The summed E-state index contributed by atoms with van der Waals surface area (Å²) in [6.45, 7) is 6.37. The maximum Gasteiger partial charge on any atom is 0.433 e. The molecule has 28 heavy (non-hydrogen) atoms. The molecule has 5 nitrogen and oxygen atoms in total. The minimum Gasteiger partial charge on any atom is -0.352 e. The zero-order valence-corrected chi connectivity index (χ0v) is 15.8. The van der Waals surface area contributed by atoms with Gasteiger partial charge in [0.05, 0.1) is 11.9 Å². The summed E-state index contributed by atoms with van der Waals surface area (Å²) < 4.78 is 41.5. The number of nitrogens with zero attached hydrogens (tertiary/aromatic N) is 3. The number of fused-ring (bicyclic) bond motifs is 1. The van der Waals surface area contributed by atoms with Gasteiger partial charge in [-0.15, -0.1) is 0 Å². The molecule has 0 spiro atoms. The van der Waals surface area contributed by atoms with E-state index in [1.54, 1.807) is 12.1 Å². The SMILES string of the molecule is CCCNC(=O)c1cnn2c(C(F)(F)F)cc(-c3ccc(C(C)C)cc3)nc12. The van der Waals surface area contributed by atoms with E-state index in [0.717, 1.165) is 17.8 Å². The van der Waals surface area contributed by atoms with Gasteiger partial charge in [-0.3, -0.25) is 4.79 Å². The smallest absolute Gasteiger partial charge is 0.352 e. The van der Waals surface area contributed by atoms with Crippen molar-refractivity contribution in [3.8, 4) is 11.3 Å². The van der Waals surface area contributed by atoms with Crippen molar-refractivity contribution in [2.75, 3.05) is 6.54 Å². The van der Waals surface area contributed by atoms with Crippen LogP contribution < -0.4 is 5.32 Å². The molecule has 1 aromatic carbocycles. The number of alkyl halides is 3. The van der Waals surface area contributed by atoms with Gasteiger partial charge in [0.25, 0.3) is 5.91 Å². The van der Waals surface area contributed by atoms with Crippen LogP contribution in [0.25, 0.3) is 16.9 Å². The topological polar surface area (TPSA) is 59.3 Å². The summed E-state index contributed by atoms with van der Waals surface area (Å²) in [6, 6.07) is 8.16. The van der Waals surface area contributed by atoms with Crippen molar-refractivity contribution >= 4 is 11.6 Å². The predicted molar refractivity (Wildman–Crippen MR) is 100 cm³/mol. The molecule has 0 aliphatic rings. The van der Waals surface area contributed by atoms with Crippen LogP contribution in [0.1, 0.15) is 54.7 Å². The fraction of sp³-hybridized carbons (Fsp3) is 0.350. The summed E-state index contributed by atoms with van der Waals surface area (Å²) in [7, 11) is 0. The van der Waals surface area contributed by atoms with Gasteiger partial charge in [-0.25, -0.2) is 9.50 Å². The van der Waals surface area contributed by atoms with Crippen LogP contribution in [-0.4, -0.2) is 27.0 Å². The molecule has 2 heterocycles. The maximum absolute atomic E-state index is 13.6. The van der Waals surface area contributed by atoms with Crippen molar-refractivity contribution < 1.29 is 18.0 Å². The highest BCUT2D eigenvalue weighted by molar-refractivity contribution is 5.99. The van der Waals surface area contributed by atoms with Crippen LogP contribution in [0.4, 0.5) is 13.2 Å². The number of hydrogen-bond donors (Lipinski definition) is 1. The molecule has 3 aromatic rings.